The molecule has 136 valence electrons. The van der Waals surface area contributed by atoms with Gasteiger partial charge in [-0.1, -0.05) is 25.1 Å². The summed E-state index contributed by atoms with van der Waals surface area (Å²) in [6.07, 6.45) is 2.48. The molecule has 4 rings (SSSR count). The van der Waals surface area contributed by atoms with Gasteiger partial charge in [0.2, 0.25) is 5.28 Å². The number of benzene rings is 1. The van der Waals surface area contributed by atoms with Gasteiger partial charge in [0.15, 0.2) is 0 Å². The summed E-state index contributed by atoms with van der Waals surface area (Å²) in [6, 6.07) is 6.70. The molecule has 0 aliphatic carbocycles. The largest absolute Gasteiger partial charge is 0.356 e. The third-order valence-corrected chi connectivity index (χ3v) is 6.60. The van der Waals surface area contributed by atoms with Crippen molar-refractivity contribution in [3.05, 3.63) is 39.5 Å². The van der Waals surface area contributed by atoms with Gasteiger partial charge in [-0.15, -0.1) is 11.3 Å². The summed E-state index contributed by atoms with van der Waals surface area (Å²) in [6.45, 7) is 10.9. The van der Waals surface area contributed by atoms with Crippen molar-refractivity contribution in [3.63, 3.8) is 0 Å². The van der Waals surface area contributed by atoms with Gasteiger partial charge in [0.1, 0.15) is 10.6 Å². The third-order valence-electron chi connectivity index (χ3n) is 5.43. The average Bonchev–Trinajstić information content (AvgIpc) is 2.92. The van der Waals surface area contributed by atoms with Crippen molar-refractivity contribution in [1.29, 1.82) is 0 Å². The summed E-state index contributed by atoms with van der Waals surface area (Å²) in [5.41, 5.74) is 5.13. The van der Waals surface area contributed by atoms with Crippen molar-refractivity contribution in [1.82, 2.24) is 9.97 Å². The van der Waals surface area contributed by atoms with Crippen LogP contribution >= 0.6 is 22.9 Å². The van der Waals surface area contributed by atoms with E-state index in [1.807, 2.05) is 0 Å². The summed E-state index contributed by atoms with van der Waals surface area (Å²) in [4.78, 5) is 13.9. The van der Waals surface area contributed by atoms with Gasteiger partial charge in [0.25, 0.3) is 0 Å². The van der Waals surface area contributed by atoms with E-state index in [4.69, 9.17) is 11.6 Å². The highest BCUT2D eigenvalue weighted by Crippen LogP contribution is 2.43. The lowest BCUT2D eigenvalue weighted by molar-refractivity contribution is 0.445. The lowest BCUT2D eigenvalue weighted by Crippen LogP contribution is -2.35. The minimum absolute atomic E-state index is 0.346. The molecule has 1 unspecified atom stereocenters. The molecular weight excluding hydrogens is 362 g/mol. The Labute approximate surface area is 164 Å². The molecule has 1 aliphatic heterocycles. The van der Waals surface area contributed by atoms with Crippen LogP contribution in [0.5, 0.6) is 0 Å². The fourth-order valence-electron chi connectivity index (χ4n) is 3.92. The van der Waals surface area contributed by atoms with Gasteiger partial charge >= 0.3 is 0 Å². The predicted molar refractivity (Wildman–Crippen MR) is 113 cm³/mol. The van der Waals surface area contributed by atoms with Gasteiger partial charge in [-0.25, -0.2) is 4.98 Å². The molecule has 3 heterocycles. The molecule has 1 atom stereocenters. The van der Waals surface area contributed by atoms with Crippen LogP contribution in [-0.2, 0) is 0 Å². The number of aryl methyl sites for hydroxylation is 3. The maximum atomic E-state index is 6.29. The minimum Gasteiger partial charge on any atom is -0.356 e. The lowest BCUT2D eigenvalue weighted by Gasteiger charge is -2.32. The number of nitrogens with zero attached hydrogens (tertiary/aromatic N) is 3. The first kappa shape index (κ1) is 17.7. The van der Waals surface area contributed by atoms with Crippen LogP contribution in [0.15, 0.2) is 18.2 Å². The zero-order chi connectivity index (χ0) is 18.4. The van der Waals surface area contributed by atoms with E-state index in [-0.39, 0.29) is 0 Å². The van der Waals surface area contributed by atoms with Crippen LogP contribution in [0.25, 0.3) is 21.3 Å². The highest BCUT2D eigenvalue weighted by atomic mass is 35.5. The van der Waals surface area contributed by atoms with Crippen LogP contribution in [0.1, 0.15) is 35.8 Å². The number of thiophene rings is 1. The molecule has 0 bridgehead atoms. The molecule has 5 heteroatoms. The smallest absolute Gasteiger partial charge is 0.225 e. The summed E-state index contributed by atoms with van der Waals surface area (Å²) >= 11 is 8.01. The Bertz CT molecular complexity index is 979. The second-order valence-electron chi connectivity index (χ2n) is 7.52. The average molecular weight is 386 g/mol. The molecule has 1 aliphatic rings. The van der Waals surface area contributed by atoms with Gasteiger partial charge in [0.05, 0.1) is 5.39 Å². The van der Waals surface area contributed by atoms with Crippen molar-refractivity contribution in [2.45, 2.75) is 40.5 Å². The van der Waals surface area contributed by atoms with E-state index in [0.717, 1.165) is 29.1 Å². The number of anilines is 1. The molecule has 0 saturated carbocycles. The van der Waals surface area contributed by atoms with Crippen LogP contribution in [0.3, 0.4) is 0 Å². The lowest BCUT2D eigenvalue weighted by atomic mass is 9.97. The molecule has 0 spiro atoms. The topological polar surface area (TPSA) is 29.0 Å². The highest BCUT2D eigenvalue weighted by molar-refractivity contribution is 7.19. The van der Waals surface area contributed by atoms with Gasteiger partial charge in [-0.05, 0) is 67.8 Å². The molecule has 2 aromatic heterocycles. The first-order chi connectivity index (χ1) is 12.4. The quantitative estimate of drug-likeness (QED) is 0.493. The Morgan fingerprint density at radius 2 is 1.96 bits per heavy atom. The van der Waals surface area contributed by atoms with Gasteiger partial charge in [-0.3, -0.25) is 0 Å². The normalized spacial score (nSPS) is 17.9. The van der Waals surface area contributed by atoms with Crippen LogP contribution in [0.2, 0.25) is 5.28 Å². The van der Waals surface area contributed by atoms with Crippen molar-refractivity contribution < 1.29 is 0 Å². The second kappa shape index (κ2) is 6.82. The Morgan fingerprint density at radius 3 is 2.69 bits per heavy atom. The Hall–Kier alpha value is -1.65. The molecule has 3 aromatic rings. The van der Waals surface area contributed by atoms with E-state index in [0.29, 0.717) is 11.2 Å². The van der Waals surface area contributed by atoms with Gasteiger partial charge in [0, 0.05) is 23.5 Å². The van der Waals surface area contributed by atoms with E-state index in [1.54, 1.807) is 11.3 Å². The Morgan fingerprint density at radius 1 is 1.15 bits per heavy atom. The van der Waals surface area contributed by atoms with Crippen molar-refractivity contribution >= 4 is 39.0 Å². The van der Waals surface area contributed by atoms with Crippen molar-refractivity contribution in [3.8, 4) is 11.1 Å². The molecule has 26 heavy (non-hydrogen) atoms. The first-order valence-electron chi connectivity index (χ1n) is 9.23. The van der Waals surface area contributed by atoms with Crippen LogP contribution in [0, 0.1) is 26.7 Å². The van der Waals surface area contributed by atoms with Crippen LogP contribution in [-0.4, -0.2) is 23.1 Å². The standard InChI is InChI=1S/C21H24ClN3S/c1-12-6-5-9-25(11-12)19-18-17(16-8-7-13(2)14(3)10-16)15(4)26-20(18)24-21(22)23-19/h7-8,10,12H,5-6,9,11H2,1-4H3. The predicted octanol–water partition coefficient (Wildman–Crippen LogP) is 6.17. The van der Waals surface area contributed by atoms with Crippen molar-refractivity contribution in [2.75, 3.05) is 18.0 Å². The molecule has 1 fully saturated rings. The monoisotopic (exact) mass is 385 g/mol. The third kappa shape index (κ3) is 3.10. The number of rotatable bonds is 2. The summed E-state index contributed by atoms with van der Waals surface area (Å²) in [5, 5.41) is 1.51. The van der Waals surface area contributed by atoms with Gasteiger partial charge in [-0.2, -0.15) is 4.98 Å². The van der Waals surface area contributed by atoms with Crippen LogP contribution < -0.4 is 4.90 Å². The molecule has 0 N–H and O–H groups in total. The molecule has 1 saturated heterocycles. The number of hydrogen-bond acceptors (Lipinski definition) is 4. The zero-order valence-corrected chi connectivity index (χ0v) is 17.3. The van der Waals surface area contributed by atoms with E-state index < -0.39 is 0 Å². The number of halogens is 1. The first-order valence-corrected chi connectivity index (χ1v) is 10.4. The SMILES string of the molecule is Cc1ccc(-c2c(C)sc3nc(Cl)nc(N4CCCC(C)C4)c23)cc1C. The maximum absolute atomic E-state index is 6.29. The maximum Gasteiger partial charge on any atom is 0.225 e. The number of piperidine rings is 1. The van der Waals surface area contributed by atoms with Gasteiger partial charge < -0.3 is 4.90 Å². The highest BCUT2D eigenvalue weighted by Gasteiger charge is 2.24. The second-order valence-corrected chi connectivity index (χ2v) is 9.06. The number of hydrogen-bond donors (Lipinski definition) is 0. The number of fused-ring (bicyclic) bond motifs is 1. The molecule has 0 radical (unpaired) electrons. The van der Waals surface area contributed by atoms with E-state index in [2.05, 4.69) is 60.8 Å². The zero-order valence-electron chi connectivity index (χ0n) is 15.8. The number of aromatic nitrogens is 2. The summed E-state index contributed by atoms with van der Waals surface area (Å²) in [7, 11) is 0. The van der Waals surface area contributed by atoms with Crippen LogP contribution in [0.4, 0.5) is 5.82 Å². The molecule has 1 aromatic carbocycles. The van der Waals surface area contributed by atoms with Crippen molar-refractivity contribution in [2.24, 2.45) is 5.92 Å². The van der Waals surface area contributed by atoms with E-state index >= 15 is 0 Å². The minimum atomic E-state index is 0.346. The Balaban J connectivity index is 1.95. The summed E-state index contributed by atoms with van der Waals surface area (Å²) < 4.78 is 0. The Kier molecular flexibility index (Phi) is 4.66. The fraction of sp³-hybridized carbons (Fsp3) is 0.429. The molecular formula is C21H24ClN3S. The van der Waals surface area contributed by atoms with E-state index in [9.17, 15) is 0 Å². The molecule has 3 nitrogen and oxygen atoms in total. The fourth-order valence-corrected chi connectivity index (χ4v) is 5.18. The molecule has 0 amide bonds. The summed E-state index contributed by atoms with van der Waals surface area (Å²) in [5.74, 6) is 1.68. The van der Waals surface area contributed by atoms with E-state index in [1.165, 1.54) is 40.0 Å².